The van der Waals surface area contributed by atoms with Gasteiger partial charge in [0.1, 0.15) is 97.7 Å². The van der Waals surface area contributed by atoms with E-state index in [-0.39, 0.29) is 19.6 Å². The van der Waals surface area contributed by atoms with E-state index in [1.54, 1.807) is 0 Å². The lowest BCUT2D eigenvalue weighted by Crippen LogP contribution is -2.69. The molecule has 19 heteroatoms. The second kappa shape index (κ2) is 15.1. The number of hydrogen-bond acceptors (Lipinski definition) is 19. The van der Waals surface area contributed by atoms with Gasteiger partial charge in [0, 0.05) is 6.42 Å². The van der Waals surface area contributed by atoms with Gasteiger partial charge in [-0.15, -0.1) is 0 Å². The summed E-state index contributed by atoms with van der Waals surface area (Å²) in [5.74, 6) is -1.91. The molecule has 0 aliphatic carbocycles. The number of ether oxygens (including phenoxy) is 9. The fourth-order valence-electron chi connectivity index (χ4n) is 7.34. The Morgan fingerprint density at radius 2 is 1.25 bits per heavy atom. The van der Waals surface area contributed by atoms with Gasteiger partial charge in [-0.05, 0) is 6.42 Å². The largest absolute Gasteiger partial charge is 0.394 e. The number of aliphatic hydroxyl groups excluding tert-OH is 10. The molecule has 6 aliphatic heterocycles. The Hall–Kier alpha value is -0.760. The molecule has 19 nitrogen and oxygen atoms in total. The highest BCUT2D eigenvalue weighted by Crippen LogP contribution is 2.42. The van der Waals surface area contributed by atoms with Crippen molar-refractivity contribution in [1.82, 2.24) is 0 Å². The van der Waals surface area contributed by atoms with Gasteiger partial charge in [0.15, 0.2) is 24.7 Å². The maximum atomic E-state index is 11.3. The average Bonchev–Trinajstić information content (AvgIpc) is 3.56. The zero-order valence-corrected chi connectivity index (χ0v) is 26.3. The first kappa shape index (κ1) is 37.0. The van der Waals surface area contributed by atoms with Crippen LogP contribution >= 0.6 is 0 Å². The molecule has 20 atom stereocenters. The molecule has 6 aliphatic rings. The van der Waals surface area contributed by atoms with Crippen molar-refractivity contribution in [1.29, 1.82) is 0 Å². The Bertz CT molecular complexity index is 1060. The molecular weight excluding hydrogens is 652 g/mol. The predicted molar refractivity (Wildman–Crippen MR) is 150 cm³/mol. The fraction of sp³-hybridized carbons (Fsp3) is 1.00. The van der Waals surface area contributed by atoms with Crippen molar-refractivity contribution in [3.8, 4) is 0 Å². The Labute approximate surface area is 275 Å². The van der Waals surface area contributed by atoms with Crippen molar-refractivity contribution >= 4 is 0 Å². The van der Waals surface area contributed by atoms with Crippen LogP contribution in [0.4, 0.5) is 0 Å². The molecule has 10 N–H and O–H groups in total. The molecule has 0 unspecified atom stereocenters. The van der Waals surface area contributed by atoms with E-state index in [4.69, 9.17) is 42.6 Å². The van der Waals surface area contributed by atoms with E-state index < -0.39 is 136 Å². The van der Waals surface area contributed by atoms with E-state index in [1.165, 1.54) is 0 Å². The number of unbranched alkanes of at least 4 members (excludes halogenated alkanes) is 2. The van der Waals surface area contributed by atoms with Crippen molar-refractivity contribution in [3.63, 3.8) is 0 Å². The van der Waals surface area contributed by atoms with Gasteiger partial charge in [0.25, 0.3) is 0 Å². The summed E-state index contributed by atoms with van der Waals surface area (Å²) in [6.07, 6.45) is -24.1. The maximum absolute atomic E-state index is 11.3. The molecule has 0 aromatic heterocycles. The third-order valence-electron chi connectivity index (χ3n) is 10.1. The van der Waals surface area contributed by atoms with Gasteiger partial charge < -0.3 is 93.7 Å². The third kappa shape index (κ3) is 6.67. The summed E-state index contributed by atoms with van der Waals surface area (Å²) >= 11 is 0. The minimum atomic E-state index is -1.91. The van der Waals surface area contributed by atoms with Gasteiger partial charge in [-0.1, -0.05) is 19.8 Å². The molecule has 6 rings (SSSR count). The molecule has 0 aromatic carbocycles. The van der Waals surface area contributed by atoms with E-state index in [1.807, 2.05) is 6.92 Å². The Kier molecular flexibility index (Phi) is 11.6. The highest BCUT2D eigenvalue weighted by molar-refractivity contribution is 5.03. The lowest BCUT2D eigenvalue weighted by atomic mass is 9.88. The van der Waals surface area contributed by atoms with E-state index in [0.717, 1.165) is 6.42 Å². The summed E-state index contributed by atoms with van der Waals surface area (Å²) in [7, 11) is 0. The van der Waals surface area contributed by atoms with Gasteiger partial charge >= 0.3 is 0 Å². The van der Waals surface area contributed by atoms with Gasteiger partial charge in [-0.2, -0.15) is 0 Å². The standard InChI is InChI=1S/C29H48O19/c1-2-3-4-5-29(25(38)16(34)14(32)11(7-31)47-29)48-21-13-9-41-24(21)19(37)28(44-13)46-22-15(33)10(6-30)43-27(18(22)36)45-20-12-8-40-23(20)17(35)26(39)42-12/h10-28,30-39H,2-9H2,1H3/t10-,11-,12+,13+,14+,15-,16+,17+,18-,19+,20+,21+,22+,23+,24+,25-,26-,27+,28+,29+/m1/s1. The molecule has 0 spiro atoms. The monoisotopic (exact) mass is 700 g/mol. The molecule has 6 fully saturated rings. The van der Waals surface area contributed by atoms with Crippen molar-refractivity contribution in [2.45, 2.75) is 155 Å². The first-order valence-corrected chi connectivity index (χ1v) is 16.5. The van der Waals surface area contributed by atoms with Crippen LogP contribution in [0.25, 0.3) is 0 Å². The summed E-state index contributed by atoms with van der Waals surface area (Å²) in [6, 6.07) is 0. The molecule has 0 aromatic rings. The van der Waals surface area contributed by atoms with Crippen LogP contribution in [0.3, 0.4) is 0 Å². The topological polar surface area (TPSA) is 285 Å². The maximum Gasteiger partial charge on any atom is 0.198 e. The molecule has 0 amide bonds. The summed E-state index contributed by atoms with van der Waals surface area (Å²) in [5, 5.41) is 106. The average molecular weight is 701 g/mol. The van der Waals surface area contributed by atoms with Gasteiger partial charge in [0.05, 0.1) is 26.4 Å². The van der Waals surface area contributed by atoms with Gasteiger partial charge in [-0.3, -0.25) is 0 Å². The number of aliphatic hydroxyl groups is 10. The molecule has 0 radical (unpaired) electrons. The van der Waals surface area contributed by atoms with E-state index in [0.29, 0.717) is 12.8 Å². The highest BCUT2D eigenvalue weighted by Gasteiger charge is 2.61. The lowest BCUT2D eigenvalue weighted by Gasteiger charge is -2.51. The minimum absolute atomic E-state index is 0.0193. The van der Waals surface area contributed by atoms with Gasteiger partial charge in [-0.25, -0.2) is 0 Å². The second-order valence-electron chi connectivity index (χ2n) is 13.2. The summed E-state index contributed by atoms with van der Waals surface area (Å²) in [6.45, 7) is 0.448. The van der Waals surface area contributed by atoms with Crippen LogP contribution in [-0.2, 0) is 42.6 Å². The summed E-state index contributed by atoms with van der Waals surface area (Å²) < 4.78 is 52.2. The molecule has 48 heavy (non-hydrogen) atoms. The Morgan fingerprint density at radius 1 is 0.625 bits per heavy atom. The Morgan fingerprint density at radius 3 is 1.92 bits per heavy atom. The van der Waals surface area contributed by atoms with E-state index >= 15 is 0 Å². The van der Waals surface area contributed by atoms with Crippen LogP contribution in [0, 0.1) is 0 Å². The normalized spacial score (nSPS) is 53.7. The molecule has 278 valence electrons. The van der Waals surface area contributed by atoms with Crippen LogP contribution < -0.4 is 0 Å². The number of hydrogen-bond donors (Lipinski definition) is 10. The first-order valence-electron chi connectivity index (χ1n) is 16.5. The zero-order valence-electron chi connectivity index (χ0n) is 26.3. The first-order chi connectivity index (χ1) is 22.9. The van der Waals surface area contributed by atoms with E-state index in [9.17, 15) is 51.1 Å². The summed E-state index contributed by atoms with van der Waals surface area (Å²) in [5.41, 5.74) is 0. The van der Waals surface area contributed by atoms with Crippen molar-refractivity contribution in [2.75, 3.05) is 26.4 Å². The van der Waals surface area contributed by atoms with Crippen molar-refractivity contribution < 1.29 is 93.7 Å². The predicted octanol–water partition coefficient (Wildman–Crippen LogP) is -5.71. The number of rotatable bonds is 12. The fourth-order valence-corrected chi connectivity index (χ4v) is 7.34. The highest BCUT2D eigenvalue weighted by atomic mass is 16.8. The smallest absolute Gasteiger partial charge is 0.198 e. The molecule has 6 heterocycles. The molecular formula is C29H48O19. The van der Waals surface area contributed by atoms with Crippen molar-refractivity contribution in [3.05, 3.63) is 0 Å². The van der Waals surface area contributed by atoms with Crippen LogP contribution in [0.1, 0.15) is 32.6 Å². The SMILES string of the molecule is CCCCC[C@@]1(O[C@@H]2[C@H]3OC[C@@H]2O[C@@H](O[C@@H]2[C@@H](O)[C@H](O[C@@H]4[C@H]5OC[C@@H]4O[C@@H](O)[C@H]5O)O[C@H](CO)[C@H]2O)[C@H]3O)O[C@H](CO)[C@H](O)[C@H](O)[C@H]1O. The number of fused-ring (bicyclic) bond motifs is 4. The van der Waals surface area contributed by atoms with Crippen LogP contribution in [-0.4, -0.2) is 200 Å². The molecule has 4 bridgehead atoms. The van der Waals surface area contributed by atoms with Crippen molar-refractivity contribution in [2.24, 2.45) is 0 Å². The minimum Gasteiger partial charge on any atom is -0.394 e. The lowest BCUT2D eigenvalue weighted by molar-refractivity contribution is -0.400. The molecule has 6 saturated heterocycles. The van der Waals surface area contributed by atoms with Gasteiger partial charge in [0.2, 0.25) is 0 Å². The van der Waals surface area contributed by atoms with E-state index in [2.05, 4.69) is 0 Å². The van der Waals surface area contributed by atoms with Crippen LogP contribution in [0.2, 0.25) is 0 Å². The van der Waals surface area contributed by atoms with Crippen LogP contribution in [0.15, 0.2) is 0 Å². The third-order valence-corrected chi connectivity index (χ3v) is 10.1. The summed E-state index contributed by atoms with van der Waals surface area (Å²) in [4.78, 5) is 0. The zero-order chi connectivity index (χ0) is 34.5. The van der Waals surface area contributed by atoms with Crippen LogP contribution in [0.5, 0.6) is 0 Å². The quantitative estimate of drug-likeness (QED) is 0.0849. The second-order valence-corrected chi connectivity index (χ2v) is 13.2. The molecule has 0 saturated carbocycles. The Balaban J connectivity index is 1.16.